The fraction of sp³-hybridized carbons (Fsp3) is 0.500. The van der Waals surface area contributed by atoms with Crippen LogP contribution in [0.15, 0.2) is 30.3 Å². The third-order valence-electron chi connectivity index (χ3n) is 3.26. The number of sulfone groups is 1. The van der Waals surface area contributed by atoms with Crippen molar-refractivity contribution in [2.45, 2.75) is 13.0 Å². The molecule has 0 unspecified atom stereocenters. The van der Waals surface area contributed by atoms with Gasteiger partial charge in [0.05, 0.1) is 30.6 Å². The van der Waals surface area contributed by atoms with Gasteiger partial charge in [0.15, 0.2) is 9.84 Å². The summed E-state index contributed by atoms with van der Waals surface area (Å²) in [6, 6.07) is 9.78. The van der Waals surface area contributed by atoms with Crippen molar-refractivity contribution in [2.75, 3.05) is 24.7 Å². The van der Waals surface area contributed by atoms with Gasteiger partial charge in [-0.05, 0) is 12.0 Å². The molecule has 1 heterocycles. The number of carbonyl (C=O) groups is 1. The van der Waals surface area contributed by atoms with Crippen molar-refractivity contribution in [3.63, 3.8) is 0 Å². The third kappa shape index (κ3) is 4.61. The van der Waals surface area contributed by atoms with Crippen LogP contribution in [0.4, 0.5) is 0 Å². The third-order valence-corrected chi connectivity index (χ3v) is 5.03. The van der Waals surface area contributed by atoms with Gasteiger partial charge in [0.2, 0.25) is 5.91 Å². The second kappa shape index (κ2) is 6.85. The first-order valence-electron chi connectivity index (χ1n) is 6.67. The highest BCUT2D eigenvalue weighted by atomic mass is 32.2. The van der Waals surface area contributed by atoms with Gasteiger partial charge in [0.1, 0.15) is 0 Å². The van der Waals surface area contributed by atoms with Gasteiger partial charge in [-0.2, -0.15) is 0 Å². The molecule has 1 aliphatic rings. The summed E-state index contributed by atoms with van der Waals surface area (Å²) in [6.07, 6.45) is 0.430. The quantitative estimate of drug-likeness (QED) is 0.787. The van der Waals surface area contributed by atoms with Crippen LogP contribution in [0.2, 0.25) is 0 Å². The van der Waals surface area contributed by atoms with Gasteiger partial charge >= 0.3 is 0 Å². The van der Waals surface area contributed by atoms with E-state index in [0.29, 0.717) is 26.2 Å². The highest BCUT2D eigenvalue weighted by Gasteiger charge is 2.32. The lowest BCUT2D eigenvalue weighted by atomic mass is 10.1. The van der Waals surface area contributed by atoms with E-state index in [-0.39, 0.29) is 17.4 Å². The molecule has 1 aromatic carbocycles. The van der Waals surface area contributed by atoms with Crippen molar-refractivity contribution in [1.82, 2.24) is 5.32 Å². The van der Waals surface area contributed by atoms with Gasteiger partial charge in [-0.15, -0.1) is 0 Å². The fourth-order valence-corrected chi connectivity index (χ4v) is 3.90. The lowest BCUT2D eigenvalue weighted by molar-refractivity contribution is -0.124. The number of ether oxygens (including phenoxy) is 1. The molecule has 110 valence electrons. The summed E-state index contributed by atoms with van der Waals surface area (Å²) in [5, 5.41) is 2.72. The standard InChI is InChI=1S/C14H19NO4S/c16-14(13-6-9-20(17,18)11-13)15-7-8-19-10-12-4-2-1-3-5-12/h1-5,13H,6-11H2,(H,15,16)/t13-/m1/s1. The maximum Gasteiger partial charge on any atom is 0.224 e. The maximum absolute atomic E-state index is 11.7. The van der Waals surface area contributed by atoms with Gasteiger partial charge in [-0.1, -0.05) is 30.3 Å². The number of rotatable bonds is 6. The highest BCUT2D eigenvalue weighted by molar-refractivity contribution is 7.91. The Morgan fingerprint density at radius 1 is 1.30 bits per heavy atom. The second-order valence-corrected chi connectivity index (χ2v) is 7.16. The summed E-state index contributed by atoms with van der Waals surface area (Å²) in [6.45, 7) is 1.33. The molecule has 5 nitrogen and oxygen atoms in total. The maximum atomic E-state index is 11.7. The van der Waals surface area contributed by atoms with Gasteiger partial charge in [0.25, 0.3) is 0 Å². The van der Waals surface area contributed by atoms with E-state index < -0.39 is 15.8 Å². The lowest BCUT2D eigenvalue weighted by Crippen LogP contribution is -2.33. The average molecular weight is 297 g/mol. The molecule has 1 fully saturated rings. The van der Waals surface area contributed by atoms with E-state index in [1.54, 1.807) is 0 Å². The van der Waals surface area contributed by atoms with Gasteiger partial charge in [-0.3, -0.25) is 4.79 Å². The van der Waals surface area contributed by atoms with Crippen LogP contribution in [0.1, 0.15) is 12.0 Å². The van der Waals surface area contributed by atoms with Crippen LogP contribution >= 0.6 is 0 Å². The van der Waals surface area contributed by atoms with Crippen LogP contribution in [0, 0.1) is 5.92 Å². The van der Waals surface area contributed by atoms with E-state index in [0.717, 1.165) is 5.56 Å². The van der Waals surface area contributed by atoms with Crippen molar-refractivity contribution in [1.29, 1.82) is 0 Å². The molecule has 20 heavy (non-hydrogen) atoms. The van der Waals surface area contributed by atoms with Crippen LogP contribution in [0.3, 0.4) is 0 Å². The largest absolute Gasteiger partial charge is 0.375 e. The molecule has 0 saturated carbocycles. The first kappa shape index (κ1) is 15.0. The van der Waals surface area contributed by atoms with E-state index in [4.69, 9.17) is 4.74 Å². The first-order valence-corrected chi connectivity index (χ1v) is 8.49. The molecule has 0 bridgehead atoms. The van der Waals surface area contributed by atoms with Crippen LogP contribution in [-0.2, 0) is 26.0 Å². The van der Waals surface area contributed by atoms with Crippen molar-refractivity contribution in [2.24, 2.45) is 5.92 Å². The number of nitrogens with one attached hydrogen (secondary N) is 1. The molecule has 0 spiro atoms. The van der Waals surface area contributed by atoms with Gasteiger partial charge in [0, 0.05) is 6.54 Å². The van der Waals surface area contributed by atoms with E-state index in [2.05, 4.69) is 5.32 Å². The summed E-state index contributed by atoms with van der Waals surface area (Å²) in [7, 11) is -3.00. The van der Waals surface area contributed by atoms with Crippen LogP contribution in [0.5, 0.6) is 0 Å². The summed E-state index contributed by atoms with van der Waals surface area (Å²) >= 11 is 0. The molecule has 2 rings (SSSR count). The number of hydrogen-bond donors (Lipinski definition) is 1. The van der Waals surface area contributed by atoms with Crippen molar-refractivity contribution >= 4 is 15.7 Å². The second-order valence-electron chi connectivity index (χ2n) is 4.93. The molecule has 1 amide bonds. The Kier molecular flexibility index (Phi) is 5.14. The zero-order valence-electron chi connectivity index (χ0n) is 11.2. The molecule has 1 aliphatic heterocycles. The predicted molar refractivity (Wildman–Crippen MR) is 75.9 cm³/mol. The van der Waals surface area contributed by atoms with Crippen LogP contribution in [-0.4, -0.2) is 39.0 Å². The molecule has 0 aliphatic carbocycles. The zero-order valence-corrected chi connectivity index (χ0v) is 12.1. The Balaban J connectivity index is 1.61. The highest BCUT2D eigenvalue weighted by Crippen LogP contribution is 2.18. The summed E-state index contributed by atoms with van der Waals surface area (Å²) in [4.78, 5) is 11.7. The smallest absolute Gasteiger partial charge is 0.224 e. The molecule has 0 radical (unpaired) electrons. The molecular formula is C14H19NO4S. The minimum atomic E-state index is -3.00. The summed E-state index contributed by atoms with van der Waals surface area (Å²) < 4.78 is 28.0. The minimum Gasteiger partial charge on any atom is -0.375 e. The van der Waals surface area contributed by atoms with E-state index in [1.807, 2.05) is 30.3 Å². The fourth-order valence-electron chi connectivity index (χ4n) is 2.16. The molecule has 1 aromatic rings. The molecule has 0 aromatic heterocycles. The van der Waals surface area contributed by atoms with E-state index in [1.165, 1.54) is 0 Å². The number of carbonyl (C=O) groups excluding carboxylic acids is 1. The minimum absolute atomic E-state index is 0.0241. The Bertz CT molecular complexity index is 542. The Labute approximate surface area is 119 Å². The van der Waals surface area contributed by atoms with Gasteiger partial charge in [-0.25, -0.2) is 8.42 Å². The molecular weight excluding hydrogens is 278 g/mol. The number of amides is 1. The van der Waals surface area contributed by atoms with Crippen molar-refractivity contribution < 1.29 is 17.9 Å². The topological polar surface area (TPSA) is 72.5 Å². The van der Waals surface area contributed by atoms with Crippen LogP contribution < -0.4 is 5.32 Å². The average Bonchev–Trinajstić information content (AvgIpc) is 2.80. The Hall–Kier alpha value is -1.40. The molecule has 1 N–H and O–H groups in total. The van der Waals surface area contributed by atoms with E-state index in [9.17, 15) is 13.2 Å². The lowest BCUT2D eigenvalue weighted by Gasteiger charge is -2.09. The molecule has 6 heteroatoms. The summed E-state index contributed by atoms with van der Waals surface area (Å²) in [5.74, 6) is -0.484. The monoisotopic (exact) mass is 297 g/mol. The summed E-state index contributed by atoms with van der Waals surface area (Å²) in [5.41, 5.74) is 1.08. The normalized spacial score (nSPS) is 20.7. The number of hydrogen-bond acceptors (Lipinski definition) is 4. The zero-order chi connectivity index (χ0) is 14.4. The first-order chi connectivity index (χ1) is 9.57. The molecule has 1 saturated heterocycles. The SMILES string of the molecule is O=C(NCCOCc1ccccc1)[C@@H]1CCS(=O)(=O)C1. The van der Waals surface area contributed by atoms with Gasteiger partial charge < -0.3 is 10.1 Å². The number of benzene rings is 1. The molecule has 1 atom stereocenters. The van der Waals surface area contributed by atoms with Crippen molar-refractivity contribution in [3.8, 4) is 0 Å². The Morgan fingerprint density at radius 3 is 2.70 bits per heavy atom. The van der Waals surface area contributed by atoms with Crippen LogP contribution in [0.25, 0.3) is 0 Å². The Morgan fingerprint density at radius 2 is 2.05 bits per heavy atom. The van der Waals surface area contributed by atoms with Crippen molar-refractivity contribution in [3.05, 3.63) is 35.9 Å². The van der Waals surface area contributed by atoms with E-state index >= 15 is 0 Å². The predicted octanol–water partition coefficient (Wildman–Crippen LogP) is 0.754.